The van der Waals surface area contributed by atoms with Gasteiger partial charge in [0.05, 0.1) is 18.9 Å². The Morgan fingerprint density at radius 3 is 2.32 bits per heavy atom. The van der Waals surface area contributed by atoms with Crippen LogP contribution in [0.5, 0.6) is 5.75 Å². The zero-order valence-corrected chi connectivity index (χ0v) is 17.3. The third-order valence-corrected chi connectivity index (χ3v) is 6.35. The summed E-state index contributed by atoms with van der Waals surface area (Å²) in [5.41, 5.74) is 0.936. The van der Waals surface area contributed by atoms with Gasteiger partial charge in [-0.2, -0.15) is 11.8 Å². The predicted octanol–water partition coefficient (Wildman–Crippen LogP) is 2.61. The molecular formula is C21H28N2O4S. The Hall–Kier alpha value is -2.02. The van der Waals surface area contributed by atoms with E-state index in [1.54, 1.807) is 18.9 Å². The van der Waals surface area contributed by atoms with Gasteiger partial charge in [0, 0.05) is 6.54 Å². The number of thioether (sulfide) groups is 1. The molecule has 0 aromatic heterocycles. The number of carbonyl (C=O) groups excluding carboxylic acids is 3. The molecule has 3 amide bonds. The van der Waals surface area contributed by atoms with Gasteiger partial charge in [0.2, 0.25) is 17.7 Å². The molecule has 7 heteroatoms. The van der Waals surface area contributed by atoms with Gasteiger partial charge in [0.25, 0.3) is 0 Å². The summed E-state index contributed by atoms with van der Waals surface area (Å²) in [6.45, 7) is 0.349. The van der Waals surface area contributed by atoms with Gasteiger partial charge in [-0.15, -0.1) is 0 Å². The van der Waals surface area contributed by atoms with E-state index in [1.807, 2.05) is 30.5 Å². The van der Waals surface area contributed by atoms with E-state index in [4.69, 9.17) is 4.74 Å². The lowest BCUT2D eigenvalue weighted by atomic mass is 9.81. The molecule has 1 aliphatic carbocycles. The number of imide groups is 1. The molecule has 0 spiro atoms. The first-order valence-electron chi connectivity index (χ1n) is 9.83. The van der Waals surface area contributed by atoms with E-state index in [2.05, 4.69) is 5.32 Å². The number of likely N-dealkylation sites (tertiary alicyclic amines) is 1. The first-order chi connectivity index (χ1) is 13.6. The molecule has 1 heterocycles. The molecule has 1 aromatic rings. The molecule has 1 saturated carbocycles. The van der Waals surface area contributed by atoms with Crippen LogP contribution in [0.3, 0.4) is 0 Å². The molecule has 3 atom stereocenters. The van der Waals surface area contributed by atoms with Crippen LogP contribution in [0, 0.1) is 11.8 Å². The lowest BCUT2D eigenvalue weighted by Gasteiger charge is -2.26. The highest BCUT2D eigenvalue weighted by Gasteiger charge is 2.51. The SMILES string of the molecule is COc1ccc(CNC(=O)[C@H](CCSC)N2C(=O)[C@H]3CCCC[C@@H]3C2=O)cc1. The minimum Gasteiger partial charge on any atom is -0.497 e. The van der Waals surface area contributed by atoms with Gasteiger partial charge in [0.15, 0.2) is 0 Å². The third-order valence-electron chi connectivity index (χ3n) is 5.71. The number of nitrogens with zero attached hydrogens (tertiary/aromatic N) is 1. The summed E-state index contributed by atoms with van der Waals surface area (Å²) in [5, 5.41) is 2.91. The predicted molar refractivity (Wildman–Crippen MR) is 109 cm³/mol. The molecule has 1 saturated heterocycles. The maximum atomic E-state index is 12.9. The smallest absolute Gasteiger partial charge is 0.243 e. The lowest BCUT2D eigenvalue weighted by molar-refractivity contribution is -0.148. The summed E-state index contributed by atoms with van der Waals surface area (Å²) in [6.07, 6.45) is 5.91. The molecule has 6 nitrogen and oxygen atoms in total. The molecule has 2 aliphatic rings. The molecule has 1 aliphatic heterocycles. The van der Waals surface area contributed by atoms with Crippen LogP contribution in [0.2, 0.25) is 0 Å². The molecule has 0 radical (unpaired) electrons. The van der Waals surface area contributed by atoms with Gasteiger partial charge >= 0.3 is 0 Å². The highest BCUT2D eigenvalue weighted by atomic mass is 32.2. The minimum absolute atomic E-state index is 0.152. The molecule has 1 N–H and O–H groups in total. The summed E-state index contributed by atoms with van der Waals surface area (Å²) in [5.74, 6) is 0.446. The van der Waals surface area contributed by atoms with Crippen LogP contribution >= 0.6 is 11.8 Å². The van der Waals surface area contributed by atoms with Gasteiger partial charge in [-0.25, -0.2) is 0 Å². The highest BCUT2D eigenvalue weighted by molar-refractivity contribution is 7.98. The van der Waals surface area contributed by atoms with Crippen molar-refractivity contribution in [2.75, 3.05) is 19.1 Å². The van der Waals surface area contributed by atoms with Gasteiger partial charge < -0.3 is 10.1 Å². The number of benzene rings is 1. The van der Waals surface area contributed by atoms with E-state index in [-0.39, 0.29) is 29.6 Å². The summed E-state index contributed by atoms with van der Waals surface area (Å²) in [6, 6.07) is 6.72. The van der Waals surface area contributed by atoms with Gasteiger partial charge in [-0.3, -0.25) is 19.3 Å². The second-order valence-electron chi connectivity index (χ2n) is 7.41. The summed E-state index contributed by atoms with van der Waals surface area (Å²) in [7, 11) is 1.61. The van der Waals surface area contributed by atoms with E-state index in [1.165, 1.54) is 4.90 Å². The van der Waals surface area contributed by atoms with E-state index in [0.717, 1.165) is 37.0 Å². The van der Waals surface area contributed by atoms with Gasteiger partial charge in [-0.05, 0) is 49.0 Å². The van der Waals surface area contributed by atoms with Crippen molar-refractivity contribution < 1.29 is 19.1 Å². The number of ether oxygens (including phenoxy) is 1. The van der Waals surface area contributed by atoms with Crippen LogP contribution < -0.4 is 10.1 Å². The van der Waals surface area contributed by atoms with Crippen molar-refractivity contribution in [2.24, 2.45) is 11.8 Å². The Kier molecular flexibility index (Phi) is 6.99. The maximum absolute atomic E-state index is 12.9. The lowest BCUT2D eigenvalue weighted by Crippen LogP contribution is -2.50. The zero-order valence-electron chi connectivity index (χ0n) is 16.5. The van der Waals surface area contributed by atoms with E-state index >= 15 is 0 Å². The van der Waals surface area contributed by atoms with Crippen molar-refractivity contribution in [3.8, 4) is 5.75 Å². The number of carbonyl (C=O) groups is 3. The van der Waals surface area contributed by atoms with Crippen molar-refractivity contribution in [3.05, 3.63) is 29.8 Å². The van der Waals surface area contributed by atoms with Crippen molar-refractivity contribution in [1.29, 1.82) is 0 Å². The second kappa shape index (κ2) is 9.45. The fraction of sp³-hybridized carbons (Fsp3) is 0.571. The average Bonchev–Trinajstić information content (AvgIpc) is 2.98. The Morgan fingerprint density at radius 2 is 1.79 bits per heavy atom. The van der Waals surface area contributed by atoms with Crippen LogP contribution in [0.25, 0.3) is 0 Å². The maximum Gasteiger partial charge on any atom is 0.243 e. The normalized spacial score (nSPS) is 22.7. The Bertz CT molecular complexity index is 698. The standard InChI is InChI=1S/C21H28N2O4S/c1-27-15-9-7-14(8-10-15)13-22-19(24)18(11-12-28-2)23-20(25)16-5-3-4-6-17(16)21(23)26/h7-10,16-18H,3-6,11-13H2,1-2H3,(H,22,24)/t16-,17-,18-/m0/s1. The molecular weight excluding hydrogens is 376 g/mol. The topological polar surface area (TPSA) is 75.7 Å². The Morgan fingerprint density at radius 1 is 1.18 bits per heavy atom. The summed E-state index contributed by atoms with van der Waals surface area (Å²) >= 11 is 1.61. The minimum atomic E-state index is -0.726. The third kappa shape index (κ3) is 4.35. The van der Waals surface area contributed by atoms with Gasteiger partial charge in [0.1, 0.15) is 11.8 Å². The number of hydrogen-bond acceptors (Lipinski definition) is 5. The first-order valence-corrected chi connectivity index (χ1v) is 11.2. The molecule has 2 fully saturated rings. The molecule has 3 rings (SSSR count). The van der Waals surface area contributed by atoms with Crippen LogP contribution in [-0.4, -0.2) is 47.8 Å². The largest absolute Gasteiger partial charge is 0.497 e. The number of fused-ring (bicyclic) bond motifs is 1. The summed E-state index contributed by atoms with van der Waals surface area (Å²) < 4.78 is 5.14. The fourth-order valence-corrected chi connectivity index (χ4v) is 4.61. The van der Waals surface area contributed by atoms with Crippen LogP contribution in [-0.2, 0) is 20.9 Å². The number of amides is 3. The van der Waals surface area contributed by atoms with Crippen LogP contribution in [0.4, 0.5) is 0 Å². The van der Waals surface area contributed by atoms with Crippen LogP contribution in [0.15, 0.2) is 24.3 Å². The number of rotatable bonds is 8. The van der Waals surface area contributed by atoms with E-state index in [9.17, 15) is 14.4 Å². The van der Waals surface area contributed by atoms with Crippen molar-refractivity contribution >= 4 is 29.5 Å². The van der Waals surface area contributed by atoms with E-state index < -0.39 is 6.04 Å². The van der Waals surface area contributed by atoms with Crippen LogP contribution in [0.1, 0.15) is 37.7 Å². The first kappa shape index (κ1) is 20.7. The number of methoxy groups -OCH3 is 1. The number of hydrogen-bond donors (Lipinski definition) is 1. The Balaban J connectivity index is 1.70. The average molecular weight is 405 g/mol. The number of nitrogens with one attached hydrogen (secondary N) is 1. The second-order valence-corrected chi connectivity index (χ2v) is 8.39. The van der Waals surface area contributed by atoms with Crippen molar-refractivity contribution in [2.45, 2.75) is 44.7 Å². The zero-order chi connectivity index (χ0) is 20.1. The van der Waals surface area contributed by atoms with Gasteiger partial charge in [-0.1, -0.05) is 25.0 Å². The summed E-state index contributed by atoms with van der Waals surface area (Å²) in [4.78, 5) is 40.0. The molecule has 28 heavy (non-hydrogen) atoms. The van der Waals surface area contributed by atoms with E-state index in [0.29, 0.717) is 18.7 Å². The van der Waals surface area contributed by atoms with Crippen molar-refractivity contribution in [1.82, 2.24) is 10.2 Å². The van der Waals surface area contributed by atoms with Crippen molar-refractivity contribution in [3.63, 3.8) is 0 Å². The molecule has 0 bridgehead atoms. The fourth-order valence-electron chi connectivity index (χ4n) is 4.15. The monoisotopic (exact) mass is 404 g/mol. The highest BCUT2D eigenvalue weighted by Crippen LogP contribution is 2.39. The molecule has 152 valence electrons. The quantitative estimate of drug-likeness (QED) is 0.674. The molecule has 0 unspecified atom stereocenters. The molecule has 1 aromatic carbocycles. The Labute approximate surface area is 170 Å².